The van der Waals surface area contributed by atoms with Crippen LogP contribution in [0, 0.1) is 6.92 Å². The van der Waals surface area contributed by atoms with Gasteiger partial charge in [0.25, 0.3) is 0 Å². The molecule has 0 saturated carbocycles. The van der Waals surface area contributed by atoms with Crippen LogP contribution in [0.15, 0.2) is 18.5 Å². The highest BCUT2D eigenvalue weighted by atomic mass is 16.5. The number of hydrogen-bond acceptors (Lipinski definition) is 7. The van der Waals surface area contributed by atoms with E-state index in [1.165, 1.54) is 18.4 Å². The van der Waals surface area contributed by atoms with E-state index in [9.17, 15) is 0 Å². The Kier molecular flexibility index (Phi) is 5.77. The molecule has 8 nitrogen and oxygen atoms in total. The number of anilines is 2. The lowest BCUT2D eigenvalue weighted by Crippen LogP contribution is -2.47. The van der Waals surface area contributed by atoms with E-state index in [2.05, 4.69) is 45.0 Å². The van der Waals surface area contributed by atoms with E-state index in [0.717, 1.165) is 63.4 Å². The third kappa shape index (κ3) is 4.28. The molecular weight excluding hydrogens is 354 g/mol. The summed E-state index contributed by atoms with van der Waals surface area (Å²) in [6.07, 6.45) is 6.38. The Bertz CT molecular complexity index is 787. The van der Waals surface area contributed by atoms with Crippen molar-refractivity contribution in [3.63, 3.8) is 0 Å². The van der Waals surface area contributed by atoms with Crippen molar-refractivity contribution in [3.05, 3.63) is 29.7 Å². The van der Waals surface area contributed by atoms with Gasteiger partial charge in [0.2, 0.25) is 5.95 Å². The molecule has 0 spiro atoms. The number of nitrogens with zero attached hydrogens (tertiary/aromatic N) is 7. The number of aromatic nitrogens is 4. The first-order chi connectivity index (χ1) is 13.6. The highest BCUT2D eigenvalue weighted by molar-refractivity contribution is 5.44. The van der Waals surface area contributed by atoms with Crippen molar-refractivity contribution in [2.45, 2.75) is 32.4 Å². The first-order valence-electron chi connectivity index (χ1n) is 10.2. The quantitative estimate of drug-likeness (QED) is 0.772. The minimum absolute atomic E-state index is 0.422. The topological polar surface area (TPSA) is 62.6 Å². The third-order valence-electron chi connectivity index (χ3n) is 5.82. The smallest absolute Gasteiger partial charge is 0.227 e. The molecule has 4 rings (SSSR count). The largest absolute Gasteiger partial charge is 0.378 e. The summed E-state index contributed by atoms with van der Waals surface area (Å²) < 4.78 is 7.36. The van der Waals surface area contributed by atoms with E-state index in [0.29, 0.717) is 6.04 Å². The molecule has 2 aromatic heterocycles. The zero-order valence-electron chi connectivity index (χ0n) is 17.2. The predicted molar refractivity (Wildman–Crippen MR) is 110 cm³/mol. The van der Waals surface area contributed by atoms with Crippen LogP contribution in [0.1, 0.15) is 24.1 Å². The van der Waals surface area contributed by atoms with Crippen molar-refractivity contribution >= 4 is 11.8 Å². The molecule has 2 saturated heterocycles. The maximum Gasteiger partial charge on any atom is 0.227 e. The number of likely N-dealkylation sites (tertiary alicyclic amines) is 1. The molecule has 1 atom stereocenters. The van der Waals surface area contributed by atoms with Gasteiger partial charge in [0.1, 0.15) is 5.82 Å². The van der Waals surface area contributed by atoms with Gasteiger partial charge in [-0.3, -0.25) is 9.58 Å². The van der Waals surface area contributed by atoms with Gasteiger partial charge in [-0.2, -0.15) is 10.1 Å². The van der Waals surface area contributed by atoms with Crippen molar-refractivity contribution in [1.82, 2.24) is 24.6 Å². The van der Waals surface area contributed by atoms with Crippen LogP contribution in [0.4, 0.5) is 11.8 Å². The molecule has 0 aliphatic carbocycles. The highest BCUT2D eigenvalue weighted by Crippen LogP contribution is 2.22. The summed E-state index contributed by atoms with van der Waals surface area (Å²) in [5.74, 6) is 1.81. The summed E-state index contributed by atoms with van der Waals surface area (Å²) >= 11 is 0. The molecule has 2 aliphatic rings. The molecule has 2 aromatic rings. The Morgan fingerprint density at radius 3 is 2.82 bits per heavy atom. The molecular formula is C20H31N7O. The molecule has 28 heavy (non-hydrogen) atoms. The van der Waals surface area contributed by atoms with E-state index < -0.39 is 0 Å². The Balaban J connectivity index is 1.42. The predicted octanol–water partition coefficient (Wildman–Crippen LogP) is 1.46. The van der Waals surface area contributed by atoms with Crippen molar-refractivity contribution in [2.24, 2.45) is 7.05 Å². The number of rotatable bonds is 5. The van der Waals surface area contributed by atoms with Crippen molar-refractivity contribution in [1.29, 1.82) is 0 Å². The van der Waals surface area contributed by atoms with Crippen LogP contribution >= 0.6 is 0 Å². The lowest BCUT2D eigenvalue weighted by molar-refractivity contribution is 0.122. The third-order valence-corrected chi connectivity index (χ3v) is 5.82. The second-order valence-corrected chi connectivity index (χ2v) is 7.87. The van der Waals surface area contributed by atoms with E-state index in [1.54, 1.807) is 0 Å². The van der Waals surface area contributed by atoms with Gasteiger partial charge in [0.15, 0.2) is 0 Å². The molecule has 152 valence electrons. The van der Waals surface area contributed by atoms with Crippen LogP contribution in [0.5, 0.6) is 0 Å². The van der Waals surface area contributed by atoms with E-state index >= 15 is 0 Å². The first kappa shape index (κ1) is 19.1. The molecule has 0 N–H and O–H groups in total. The number of morpholine rings is 1. The number of likely N-dealkylation sites (N-methyl/N-ethyl adjacent to an activating group) is 1. The van der Waals surface area contributed by atoms with Crippen molar-refractivity contribution in [2.75, 3.05) is 56.2 Å². The van der Waals surface area contributed by atoms with E-state index in [4.69, 9.17) is 9.72 Å². The monoisotopic (exact) mass is 385 g/mol. The van der Waals surface area contributed by atoms with Crippen molar-refractivity contribution in [3.8, 4) is 0 Å². The molecule has 8 heteroatoms. The van der Waals surface area contributed by atoms with Crippen LogP contribution in [0.2, 0.25) is 0 Å². The van der Waals surface area contributed by atoms with Gasteiger partial charge in [-0.1, -0.05) is 0 Å². The lowest BCUT2D eigenvalue weighted by Gasteiger charge is -2.38. The van der Waals surface area contributed by atoms with Crippen molar-refractivity contribution < 1.29 is 4.74 Å². The summed E-state index contributed by atoms with van der Waals surface area (Å²) in [5.41, 5.74) is 2.44. The maximum atomic E-state index is 5.46. The van der Waals surface area contributed by atoms with Crippen LogP contribution in [0.3, 0.4) is 0 Å². The lowest BCUT2D eigenvalue weighted by atomic mass is 10.0. The van der Waals surface area contributed by atoms with E-state index in [-0.39, 0.29) is 0 Å². The summed E-state index contributed by atoms with van der Waals surface area (Å²) in [4.78, 5) is 16.5. The molecule has 0 bridgehead atoms. The summed E-state index contributed by atoms with van der Waals surface area (Å²) in [6, 6.07) is 2.42. The maximum absolute atomic E-state index is 5.46. The van der Waals surface area contributed by atoms with Gasteiger partial charge < -0.3 is 14.5 Å². The second kappa shape index (κ2) is 8.45. The zero-order valence-corrected chi connectivity index (χ0v) is 17.2. The summed E-state index contributed by atoms with van der Waals surface area (Å²) in [5, 5.41) is 4.48. The molecule has 0 radical (unpaired) electrons. The molecule has 2 aliphatic heterocycles. The normalized spacial score (nSPS) is 21.1. The SMILES string of the molecule is Cc1nn(C)cc1CN1CCCC(N(C)c2nccc(N3CCOCC3)n2)C1. The Morgan fingerprint density at radius 1 is 1.25 bits per heavy atom. The van der Waals surface area contributed by atoms with Crippen LogP contribution in [-0.4, -0.2) is 77.1 Å². The fourth-order valence-electron chi connectivity index (χ4n) is 4.18. The minimum atomic E-state index is 0.422. The summed E-state index contributed by atoms with van der Waals surface area (Å²) in [6.45, 7) is 8.51. The number of hydrogen-bond donors (Lipinski definition) is 0. The Hall–Kier alpha value is -2.19. The fraction of sp³-hybridized carbons (Fsp3) is 0.650. The van der Waals surface area contributed by atoms with Gasteiger partial charge in [-0.25, -0.2) is 4.98 Å². The number of ether oxygens (including phenoxy) is 1. The first-order valence-corrected chi connectivity index (χ1v) is 10.2. The Labute approximate surface area is 167 Å². The molecule has 4 heterocycles. The Morgan fingerprint density at radius 2 is 2.07 bits per heavy atom. The number of aryl methyl sites for hydroxylation is 2. The van der Waals surface area contributed by atoms with Gasteiger partial charge in [0, 0.05) is 64.3 Å². The van der Waals surface area contributed by atoms with Gasteiger partial charge in [-0.05, 0) is 32.4 Å². The molecule has 0 amide bonds. The van der Waals surface area contributed by atoms with Crippen LogP contribution in [-0.2, 0) is 18.3 Å². The summed E-state index contributed by atoms with van der Waals surface area (Å²) in [7, 11) is 4.12. The minimum Gasteiger partial charge on any atom is -0.378 e. The van der Waals surface area contributed by atoms with Gasteiger partial charge in [0.05, 0.1) is 18.9 Å². The second-order valence-electron chi connectivity index (χ2n) is 7.87. The van der Waals surface area contributed by atoms with E-state index in [1.807, 2.05) is 24.0 Å². The molecule has 2 fully saturated rings. The van der Waals surface area contributed by atoms with Gasteiger partial charge in [-0.15, -0.1) is 0 Å². The average molecular weight is 386 g/mol. The fourth-order valence-corrected chi connectivity index (χ4v) is 4.18. The standard InChI is InChI=1S/C20H31N7O/c1-16-17(13-24(2)23-16)14-26-8-4-5-18(15-26)25(3)20-21-7-6-19(22-20)27-9-11-28-12-10-27/h6-7,13,18H,4-5,8-12,14-15H2,1-3H3. The number of piperidine rings is 1. The average Bonchev–Trinajstić information content (AvgIpc) is 3.05. The molecule has 1 unspecified atom stereocenters. The van der Waals surface area contributed by atoms with Crippen LogP contribution in [0.25, 0.3) is 0 Å². The van der Waals surface area contributed by atoms with Gasteiger partial charge >= 0.3 is 0 Å². The highest BCUT2D eigenvalue weighted by Gasteiger charge is 2.26. The molecule has 0 aromatic carbocycles. The zero-order chi connectivity index (χ0) is 19.5. The van der Waals surface area contributed by atoms with Crippen LogP contribution < -0.4 is 9.80 Å².